The van der Waals surface area contributed by atoms with Crippen LogP contribution < -0.4 is 19.6 Å². The quantitative estimate of drug-likeness (QED) is 0.116. The maximum absolute atomic E-state index is 13.3. The highest BCUT2D eigenvalue weighted by atomic mass is 16.5. The highest BCUT2D eigenvalue weighted by Crippen LogP contribution is 2.47. The Kier molecular flexibility index (Phi) is 6.54. The first-order valence-electron chi connectivity index (χ1n) is 14.0. The van der Waals surface area contributed by atoms with Gasteiger partial charge in [-0.05, 0) is 53.1 Å². The number of aromatic hydroxyl groups is 4. The summed E-state index contributed by atoms with van der Waals surface area (Å²) < 4.78 is 23.0. The highest BCUT2D eigenvalue weighted by molar-refractivity contribution is 5.94. The summed E-state index contributed by atoms with van der Waals surface area (Å²) >= 11 is 0. The second-order valence-electron chi connectivity index (χ2n) is 10.8. The van der Waals surface area contributed by atoms with Crippen LogP contribution in [0.5, 0.6) is 40.2 Å². The molecule has 0 saturated carbocycles. The lowest BCUT2D eigenvalue weighted by atomic mass is 9.85. The summed E-state index contributed by atoms with van der Waals surface area (Å²) in [7, 11) is 0. The first kappa shape index (κ1) is 27.2. The number of phenolic OH excluding ortho intramolecular Hbond substituents is 3. The summed E-state index contributed by atoms with van der Waals surface area (Å²) in [6.07, 6.45) is 1.55. The molecule has 4 aromatic carbocycles. The summed E-state index contributed by atoms with van der Waals surface area (Å²) in [6, 6.07) is 18.2. The van der Waals surface area contributed by atoms with E-state index in [0.29, 0.717) is 30.1 Å². The fraction of sp³-hybridized carbons (Fsp3) is 0.176. The molecule has 4 N–H and O–H groups in total. The Morgan fingerprint density at radius 2 is 1.66 bits per heavy atom. The number of phenols is 3. The third kappa shape index (κ3) is 4.70. The van der Waals surface area contributed by atoms with Crippen molar-refractivity contribution in [1.82, 2.24) is 0 Å². The Hall–Kier alpha value is -5.64. The predicted octanol–water partition coefficient (Wildman–Crippen LogP) is 5.28. The van der Waals surface area contributed by atoms with Crippen LogP contribution in [-0.2, 0) is 17.6 Å². The molecule has 3 heterocycles. The van der Waals surface area contributed by atoms with Gasteiger partial charge in [-0.1, -0.05) is 24.3 Å². The number of ether oxygens (including phenoxy) is 3. The van der Waals surface area contributed by atoms with E-state index < -0.39 is 40.3 Å². The van der Waals surface area contributed by atoms with Crippen LogP contribution in [-0.4, -0.2) is 39.6 Å². The molecule has 0 spiro atoms. The molecule has 0 radical (unpaired) electrons. The van der Waals surface area contributed by atoms with Gasteiger partial charge in [-0.15, -0.1) is 0 Å². The third-order valence-electron chi connectivity index (χ3n) is 8.00. The number of hydrogen-bond donors (Lipinski definition) is 4. The number of rotatable bonds is 6. The molecule has 0 unspecified atom stereocenters. The zero-order chi connectivity index (χ0) is 30.5. The maximum atomic E-state index is 13.3. The molecule has 2 aliphatic heterocycles. The molecule has 0 fully saturated rings. The molecule has 0 amide bonds. The summed E-state index contributed by atoms with van der Waals surface area (Å²) in [4.78, 5) is 25.9. The van der Waals surface area contributed by atoms with E-state index in [1.807, 2.05) is 24.3 Å². The van der Waals surface area contributed by atoms with Crippen LogP contribution in [0.3, 0.4) is 0 Å². The largest absolute Gasteiger partial charge is 0.507 e. The van der Waals surface area contributed by atoms with Crippen LogP contribution in [0.2, 0.25) is 0 Å². The van der Waals surface area contributed by atoms with Crippen LogP contribution in [0.1, 0.15) is 34.6 Å². The van der Waals surface area contributed by atoms with Gasteiger partial charge in [-0.2, -0.15) is 0 Å². The van der Waals surface area contributed by atoms with E-state index in [9.17, 15) is 30.0 Å². The van der Waals surface area contributed by atoms with Crippen molar-refractivity contribution in [2.45, 2.75) is 25.2 Å². The normalized spacial score (nSPS) is 15.4. The van der Waals surface area contributed by atoms with Gasteiger partial charge >= 0.3 is 5.97 Å². The van der Waals surface area contributed by atoms with Gasteiger partial charge in [0.2, 0.25) is 11.2 Å². The lowest BCUT2D eigenvalue weighted by Gasteiger charge is -2.26. The van der Waals surface area contributed by atoms with E-state index in [4.69, 9.17) is 18.6 Å². The van der Waals surface area contributed by atoms with Crippen LogP contribution in [0.15, 0.2) is 75.9 Å². The number of carbonyl (C=O) groups is 1. The first-order chi connectivity index (χ1) is 21.3. The van der Waals surface area contributed by atoms with Gasteiger partial charge in [0.15, 0.2) is 17.3 Å². The molecule has 222 valence electrons. The monoisotopic (exact) mass is 594 g/mol. The number of carbonyl (C=O) groups excluding carboxylic acids is 1. The van der Waals surface area contributed by atoms with E-state index in [0.717, 1.165) is 36.3 Å². The predicted molar refractivity (Wildman–Crippen MR) is 158 cm³/mol. The standard InChI is InChI=1S/C34H26O10/c35-23-7-4-20(14-24(23)36)33-32(40)31(39)30-25(37)16-27-29(34(30)44-33)22(15-28(38)43-27)18-2-5-21(6-3-18)41-11-9-17-1-8-26-19(13-17)10-12-42-26/h1-8,13-14,16,22,35-37,40H,9-12,15H2/t22-/m1/s1. The molecule has 44 heavy (non-hydrogen) atoms. The maximum Gasteiger partial charge on any atom is 0.312 e. The lowest BCUT2D eigenvalue weighted by molar-refractivity contribution is -0.135. The molecule has 0 aliphatic carbocycles. The smallest absolute Gasteiger partial charge is 0.312 e. The summed E-state index contributed by atoms with van der Waals surface area (Å²) in [5.41, 5.74) is 2.53. The van der Waals surface area contributed by atoms with Crippen LogP contribution in [0.25, 0.3) is 22.3 Å². The van der Waals surface area contributed by atoms with Gasteiger partial charge in [0.1, 0.15) is 34.0 Å². The summed E-state index contributed by atoms with van der Waals surface area (Å²) in [6.45, 7) is 1.17. The molecule has 1 aromatic heterocycles. The average Bonchev–Trinajstić information content (AvgIpc) is 3.48. The van der Waals surface area contributed by atoms with Crippen molar-refractivity contribution in [2.24, 2.45) is 0 Å². The zero-order valence-electron chi connectivity index (χ0n) is 23.2. The van der Waals surface area contributed by atoms with Gasteiger partial charge in [0, 0.05) is 36.0 Å². The second kappa shape index (κ2) is 10.6. The van der Waals surface area contributed by atoms with Crippen LogP contribution >= 0.6 is 0 Å². The molecular formula is C34H26O10. The Labute approximate surface area is 249 Å². The number of fused-ring (bicyclic) bond motifs is 4. The molecule has 1 atom stereocenters. The molecule has 2 aliphatic rings. The van der Waals surface area contributed by atoms with E-state index in [-0.39, 0.29) is 34.5 Å². The van der Waals surface area contributed by atoms with E-state index in [2.05, 4.69) is 6.07 Å². The second-order valence-corrected chi connectivity index (χ2v) is 10.8. The number of hydrogen-bond acceptors (Lipinski definition) is 10. The Balaban J connectivity index is 1.22. The Bertz CT molecular complexity index is 2010. The first-order valence-corrected chi connectivity index (χ1v) is 14.0. The van der Waals surface area contributed by atoms with Crippen molar-refractivity contribution in [3.8, 4) is 51.6 Å². The average molecular weight is 595 g/mol. The molecule has 0 saturated heterocycles. The molecule has 10 heteroatoms. The summed E-state index contributed by atoms with van der Waals surface area (Å²) in [5.74, 6) is -2.07. The van der Waals surface area contributed by atoms with Crippen molar-refractivity contribution in [1.29, 1.82) is 0 Å². The minimum atomic E-state index is -0.913. The molecule has 0 bridgehead atoms. The highest BCUT2D eigenvalue weighted by Gasteiger charge is 2.34. The van der Waals surface area contributed by atoms with Crippen molar-refractivity contribution in [2.75, 3.05) is 13.2 Å². The van der Waals surface area contributed by atoms with E-state index in [1.165, 1.54) is 17.7 Å². The topological polar surface area (TPSA) is 156 Å². The van der Waals surface area contributed by atoms with Gasteiger partial charge in [0.25, 0.3) is 0 Å². The molecular weight excluding hydrogens is 568 g/mol. The Morgan fingerprint density at radius 1 is 0.841 bits per heavy atom. The molecule has 10 nitrogen and oxygen atoms in total. The van der Waals surface area contributed by atoms with Crippen molar-refractivity contribution in [3.63, 3.8) is 0 Å². The van der Waals surface area contributed by atoms with Crippen molar-refractivity contribution in [3.05, 3.63) is 99.2 Å². The van der Waals surface area contributed by atoms with E-state index in [1.54, 1.807) is 12.1 Å². The lowest BCUT2D eigenvalue weighted by Crippen LogP contribution is -2.22. The number of esters is 1. The Morgan fingerprint density at radius 3 is 2.45 bits per heavy atom. The minimum absolute atomic E-state index is 0.0182. The van der Waals surface area contributed by atoms with Crippen LogP contribution in [0, 0.1) is 0 Å². The van der Waals surface area contributed by atoms with E-state index >= 15 is 0 Å². The van der Waals surface area contributed by atoms with Gasteiger partial charge < -0.3 is 39.1 Å². The molecule has 5 aromatic rings. The van der Waals surface area contributed by atoms with Crippen LogP contribution in [0.4, 0.5) is 0 Å². The fourth-order valence-corrected chi connectivity index (χ4v) is 5.81. The minimum Gasteiger partial charge on any atom is -0.507 e. The third-order valence-corrected chi connectivity index (χ3v) is 8.00. The fourth-order valence-electron chi connectivity index (χ4n) is 5.81. The van der Waals surface area contributed by atoms with Crippen molar-refractivity contribution >= 4 is 16.9 Å². The van der Waals surface area contributed by atoms with Gasteiger partial charge in [-0.25, -0.2) is 0 Å². The SMILES string of the molecule is O=C1C[C@H](c2ccc(OCCc3ccc4c(c3)CCO4)cc2)c2c(cc(O)c3c(=O)c(O)c(-c4ccc(O)c(O)c4)oc23)O1. The number of benzene rings is 4. The van der Waals surface area contributed by atoms with Gasteiger partial charge in [-0.3, -0.25) is 9.59 Å². The van der Waals surface area contributed by atoms with Crippen molar-refractivity contribution < 1.29 is 43.8 Å². The van der Waals surface area contributed by atoms with Gasteiger partial charge in [0.05, 0.1) is 19.6 Å². The zero-order valence-corrected chi connectivity index (χ0v) is 23.2. The summed E-state index contributed by atoms with van der Waals surface area (Å²) in [5, 5.41) is 40.8. The molecule has 7 rings (SSSR count).